The lowest BCUT2D eigenvalue weighted by Gasteiger charge is -2.14. The van der Waals surface area contributed by atoms with Gasteiger partial charge in [0.2, 0.25) is 0 Å². The molecule has 1 aromatic heterocycles. The average Bonchev–Trinajstić information content (AvgIpc) is 2.81. The van der Waals surface area contributed by atoms with Crippen molar-refractivity contribution in [2.45, 2.75) is 26.8 Å². The predicted octanol–water partition coefficient (Wildman–Crippen LogP) is 1.57. The van der Waals surface area contributed by atoms with E-state index >= 15 is 0 Å². The highest BCUT2D eigenvalue weighted by atomic mass is 32.1. The van der Waals surface area contributed by atoms with Crippen LogP contribution in [-0.4, -0.2) is 24.5 Å². The summed E-state index contributed by atoms with van der Waals surface area (Å²) in [5, 5.41) is 4.41. The van der Waals surface area contributed by atoms with Crippen LogP contribution in [-0.2, 0) is 9.63 Å². The van der Waals surface area contributed by atoms with Crippen LogP contribution in [0.2, 0.25) is 0 Å². The molecule has 0 aliphatic rings. The normalized spacial score (nSPS) is 12.2. The van der Waals surface area contributed by atoms with Crippen LogP contribution in [0.3, 0.4) is 0 Å². The fraction of sp³-hybridized carbons (Fsp3) is 0.500. The molecule has 1 atom stereocenters. The third-order valence-corrected chi connectivity index (χ3v) is 2.94. The zero-order valence-electron chi connectivity index (χ0n) is 10.7. The Balaban J connectivity index is 2.33. The Hall–Kier alpha value is -1.40. The van der Waals surface area contributed by atoms with Crippen molar-refractivity contribution < 1.29 is 14.4 Å². The van der Waals surface area contributed by atoms with Gasteiger partial charge in [0, 0.05) is 0 Å². The smallest absolute Gasteiger partial charge is 0.265 e. The van der Waals surface area contributed by atoms with E-state index in [0.717, 1.165) is 0 Å². The van der Waals surface area contributed by atoms with Gasteiger partial charge in [0.05, 0.1) is 11.5 Å². The lowest BCUT2D eigenvalue weighted by atomic mass is 10.2. The SMILES string of the molecule is CC(C)CONC(=O)C(C)NC(=O)c1cccs1. The lowest BCUT2D eigenvalue weighted by Crippen LogP contribution is -2.44. The third kappa shape index (κ3) is 4.85. The predicted molar refractivity (Wildman–Crippen MR) is 70.2 cm³/mol. The largest absolute Gasteiger partial charge is 0.340 e. The summed E-state index contributed by atoms with van der Waals surface area (Å²) in [5.74, 6) is -0.279. The number of carbonyl (C=O) groups excluding carboxylic acids is 2. The third-order valence-electron chi connectivity index (χ3n) is 2.08. The lowest BCUT2D eigenvalue weighted by molar-refractivity contribution is -0.135. The number of hydroxylamine groups is 1. The van der Waals surface area contributed by atoms with Gasteiger partial charge in [-0.2, -0.15) is 0 Å². The number of thiophene rings is 1. The summed E-state index contributed by atoms with van der Waals surface area (Å²) in [6.45, 7) is 6.01. The molecular formula is C12H18N2O3S. The minimum Gasteiger partial charge on any atom is -0.340 e. The van der Waals surface area contributed by atoms with E-state index in [1.165, 1.54) is 11.3 Å². The van der Waals surface area contributed by atoms with Crippen LogP contribution >= 0.6 is 11.3 Å². The number of nitrogens with one attached hydrogen (secondary N) is 2. The number of hydrogen-bond acceptors (Lipinski definition) is 4. The van der Waals surface area contributed by atoms with E-state index in [9.17, 15) is 9.59 Å². The van der Waals surface area contributed by atoms with Gasteiger partial charge in [0.15, 0.2) is 0 Å². The molecule has 0 bridgehead atoms. The molecule has 0 aliphatic carbocycles. The van der Waals surface area contributed by atoms with Crippen LogP contribution in [0.1, 0.15) is 30.4 Å². The van der Waals surface area contributed by atoms with Gasteiger partial charge >= 0.3 is 0 Å². The van der Waals surface area contributed by atoms with Crippen molar-refractivity contribution in [1.82, 2.24) is 10.8 Å². The van der Waals surface area contributed by atoms with Crippen molar-refractivity contribution in [3.05, 3.63) is 22.4 Å². The maximum atomic E-state index is 11.7. The van der Waals surface area contributed by atoms with Gasteiger partial charge in [-0.25, -0.2) is 5.48 Å². The Morgan fingerprint density at radius 2 is 2.11 bits per heavy atom. The molecule has 0 fully saturated rings. The molecule has 2 N–H and O–H groups in total. The Kier molecular flexibility index (Phi) is 5.80. The van der Waals surface area contributed by atoms with E-state index in [4.69, 9.17) is 4.84 Å². The molecule has 0 saturated carbocycles. The van der Waals surface area contributed by atoms with Crippen molar-refractivity contribution in [3.63, 3.8) is 0 Å². The van der Waals surface area contributed by atoms with E-state index in [2.05, 4.69) is 10.8 Å². The molecule has 2 amide bonds. The average molecular weight is 270 g/mol. The standard InChI is InChI=1S/C12H18N2O3S/c1-8(2)7-17-14-11(15)9(3)13-12(16)10-5-4-6-18-10/h4-6,8-9H,7H2,1-3H3,(H,13,16)(H,14,15). The summed E-state index contributed by atoms with van der Waals surface area (Å²) in [5.41, 5.74) is 2.31. The van der Waals surface area contributed by atoms with Crippen LogP contribution in [0.15, 0.2) is 17.5 Å². The van der Waals surface area contributed by atoms with Gasteiger partial charge in [-0.15, -0.1) is 11.3 Å². The summed E-state index contributed by atoms with van der Waals surface area (Å²) in [4.78, 5) is 28.8. The first-order chi connectivity index (χ1) is 8.50. The number of hydrogen-bond donors (Lipinski definition) is 2. The molecule has 0 spiro atoms. The number of amides is 2. The highest BCUT2D eigenvalue weighted by Gasteiger charge is 2.17. The molecule has 1 aromatic rings. The topological polar surface area (TPSA) is 67.4 Å². The van der Waals surface area contributed by atoms with Crippen LogP contribution in [0.25, 0.3) is 0 Å². The molecule has 0 radical (unpaired) electrons. The van der Waals surface area contributed by atoms with E-state index in [1.807, 2.05) is 19.2 Å². The monoisotopic (exact) mass is 270 g/mol. The zero-order valence-corrected chi connectivity index (χ0v) is 11.5. The number of carbonyl (C=O) groups is 2. The van der Waals surface area contributed by atoms with Crippen molar-refractivity contribution in [1.29, 1.82) is 0 Å². The Labute approximate surface area is 110 Å². The van der Waals surface area contributed by atoms with Crippen LogP contribution in [0.4, 0.5) is 0 Å². The molecule has 1 heterocycles. The second kappa shape index (κ2) is 7.13. The summed E-state index contributed by atoms with van der Waals surface area (Å²) < 4.78 is 0. The maximum Gasteiger partial charge on any atom is 0.265 e. The van der Waals surface area contributed by atoms with Crippen molar-refractivity contribution in [2.24, 2.45) is 5.92 Å². The second-order valence-electron chi connectivity index (χ2n) is 4.34. The van der Waals surface area contributed by atoms with Gasteiger partial charge in [0.25, 0.3) is 11.8 Å². The van der Waals surface area contributed by atoms with E-state index in [0.29, 0.717) is 17.4 Å². The molecular weight excluding hydrogens is 252 g/mol. The summed E-state index contributed by atoms with van der Waals surface area (Å²) in [6.07, 6.45) is 0. The second-order valence-corrected chi connectivity index (χ2v) is 5.29. The Morgan fingerprint density at radius 1 is 1.39 bits per heavy atom. The minimum atomic E-state index is -0.633. The molecule has 1 rings (SSSR count). The highest BCUT2D eigenvalue weighted by Crippen LogP contribution is 2.08. The van der Waals surface area contributed by atoms with E-state index in [1.54, 1.807) is 19.1 Å². The highest BCUT2D eigenvalue weighted by molar-refractivity contribution is 7.12. The molecule has 0 aromatic carbocycles. The summed E-state index contributed by atoms with van der Waals surface area (Å²) in [7, 11) is 0. The quantitative estimate of drug-likeness (QED) is 0.771. The van der Waals surface area contributed by atoms with Crippen LogP contribution in [0, 0.1) is 5.92 Å². The molecule has 6 heteroatoms. The molecule has 5 nitrogen and oxygen atoms in total. The van der Waals surface area contributed by atoms with E-state index < -0.39 is 6.04 Å². The van der Waals surface area contributed by atoms with Crippen LogP contribution in [0.5, 0.6) is 0 Å². The fourth-order valence-corrected chi connectivity index (χ4v) is 1.74. The van der Waals surface area contributed by atoms with Gasteiger partial charge < -0.3 is 5.32 Å². The minimum absolute atomic E-state index is 0.253. The van der Waals surface area contributed by atoms with Crippen LogP contribution < -0.4 is 10.8 Å². The Morgan fingerprint density at radius 3 is 2.67 bits per heavy atom. The first-order valence-electron chi connectivity index (χ1n) is 5.76. The first kappa shape index (κ1) is 14.7. The molecule has 1 unspecified atom stereocenters. The summed E-state index contributed by atoms with van der Waals surface area (Å²) >= 11 is 1.33. The molecule has 0 saturated heterocycles. The van der Waals surface area contributed by atoms with Crippen molar-refractivity contribution in [2.75, 3.05) is 6.61 Å². The maximum absolute atomic E-state index is 11.7. The Bertz CT molecular complexity index is 390. The zero-order chi connectivity index (χ0) is 13.5. The van der Waals surface area contributed by atoms with Gasteiger partial charge in [-0.1, -0.05) is 19.9 Å². The molecule has 18 heavy (non-hydrogen) atoms. The number of rotatable bonds is 6. The van der Waals surface area contributed by atoms with Gasteiger partial charge in [-0.3, -0.25) is 14.4 Å². The van der Waals surface area contributed by atoms with Crippen molar-refractivity contribution in [3.8, 4) is 0 Å². The van der Waals surface area contributed by atoms with Crippen molar-refractivity contribution >= 4 is 23.2 Å². The van der Waals surface area contributed by atoms with Gasteiger partial charge in [-0.05, 0) is 24.3 Å². The first-order valence-corrected chi connectivity index (χ1v) is 6.64. The summed E-state index contributed by atoms with van der Waals surface area (Å²) in [6, 6.07) is 2.86. The van der Waals surface area contributed by atoms with E-state index in [-0.39, 0.29) is 11.8 Å². The fourth-order valence-electron chi connectivity index (χ4n) is 1.11. The van der Waals surface area contributed by atoms with Gasteiger partial charge in [0.1, 0.15) is 6.04 Å². The molecule has 0 aliphatic heterocycles. The molecule has 100 valence electrons.